The first-order chi connectivity index (χ1) is 13.3. The van der Waals surface area contributed by atoms with Crippen LogP contribution < -0.4 is 10.2 Å². The monoisotopic (exact) mass is 400 g/mol. The van der Waals surface area contributed by atoms with E-state index in [1.165, 1.54) is 41.7 Å². The fraction of sp³-hybridized carbons (Fsp3) is 0.158. The number of non-ortho nitro benzene ring substituents is 1. The summed E-state index contributed by atoms with van der Waals surface area (Å²) >= 11 is 1.30. The number of halogens is 1. The van der Waals surface area contributed by atoms with Crippen LogP contribution in [0.4, 0.5) is 20.9 Å². The van der Waals surface area contributed by atoms with Gasteiger partial charge in [-0.1, -0.05) is 12.1 Å². The molecule has 0 radical (unpaired) electrons. The summed E-state index contributed by atoms with van der Waals surface area (Å²) in [6.45, 7) is 0. The van der Waals surface area contributed by atoms with Gasteiger partial charge in [0, 0.05) is 49.4 Å². The lowest BCUT2D eigenvalue weighted by Crippen LogP contribution is -2.18. The van der Waals surface area contributed by atoms with Crippen LogP contribution in [0.1, 0.15) is 20.8 Å². The highest BCUT2D eigenvalue weighted by Gasteiger charge is 2.19. The normalized spacial score (nSPS) is 10.5. The van der Waals surface area contributed by atoms with Gasteiger partial charge >= 0.3 is 0 Å². The van der Waals surface area contributed by atoms with E-state index in [2.05, 4.69) is 10.3 Å². The Hall–Kier alpha value is -3.33. The van der Waals surface area contributed by atoms with Crippen LogP contribution in [0.15, 0.2) is 48.7 Å². The molecule has 0 spiro atoms. The molecule has 3 aromatic rings. The fourth-order valence-corrected chi connectivity index (χ4v) is 3.47. The minimum absolute atomic E-state index is 0.160. The quantitative estimate of drug-likeness (QED) is 0.497. The molecule has 0 fully saturated rings. The molecule has 0 saturated carbocycles. The standard InChI is InChI=1S/C19H17FN4O3S/c1-23(2)17-8-7-14(24(26)27)10-16(17)18(25)22-19-21-11-15(28-19)9-12-3-5-13(20)6-4-12/h3-8,10-11H,9H2,1-2H3,(H,21,22,25). The molecule has 1 heterocycles. The van der Waals surface area contributed by atoms with Crippen molar-refractivity contribution in [1.82, 2.24) is 4.98 Å². The van der Waals surface area contributed by atoms with E-state index in [9.17, 15) is 19.3 Å². The number of hydrogen-bond acceptors (Lipinski definition) is 6. The molecular formula is C19H17FN4O3S. The van der Waals surface area contributed by atoms with Gasteiger partial charge in [-0.15, -0.1) is 11.3 Å². The van der Waals surface area contributed by atoms with Crippen LogP contribution in [-0.4, -0.2) is 29.9 Å². The summed E-state index contributed by atoms with van der Waals surface area (Å²) in [4.78, 5) is 30.0. The molecule has 28 heavy (non-hydrogen) atoms. The average molecular weight is 400 g/mol. The Labute approximate surface area is 164 Å². The van der Waals surface area contributed by atoms with Gasteiger partial charge in [0.1, 0.15) is 5.82 Å². The highest BCUT2D eigenvalue weighted by Crippen LogP contribution is 2.27. The van der Waals surface area contributed by atoms with E-state index in [4.69, 9.17) is 0 Å². The molecule has 0 bridgehead atoms. The maximum Gasteiger partial charge on any atom is 0.270 e. The third kappa shape index (κ3) is 4.49. The summed E-state index contributed by atoms with van der Waals surface area (Å²) in [6, 6.07) is 10.3. The van der Waals surface area contributed by atoms with Crippen LogP contribution >= 0.6 is 11.3 Å². The second-order valence-corrected chi connectivity index (χ2v) is 7.36. The number of benzene rings is 2. The van der Waals surface area contributed by atoms with Crippen LogP contribution in [0.25, 0.3) is 0 Å². The number of carbonyl (C=O) groups excluding carboxylic acids is 1. The molecule has 9 heteroatoms. The highest BCUT2D eigenvalue weighted by molar-refractivity contribution is 7.15. The van der Waals surface area contributed by atoms with Gasteiger partial charge < -0.3 is 4.90 Å². The molecule has 144 valence electrons. The molecule has 1 N–H and O–H groups in total. The van der Waals surface area contributed by atoms with Crippen LogP contribution in [0, 0.1) is 15.9 Å². The molecule has 0 saturated heterocycles. The first-order valence-corrected chi connectivity index (χ1v) is 9.11. The number of thiazole rings is 1. The Kier molecular flexibility index (Phi) is 5.65. The van der Waals surface area contributed by atoms with Crippen molar-refractivity contribution in [3.05, 3.63) is 80.6 Å². The van der Waals surface area contributed by atoms with E-state index in [-0.39, 0.29) is 17.1 Å². The van der Waals surface area contributed by atoms with Gasteiger partial charge in [0.15, 0.2) is 5.13 Å². The molecule has 2 aromatic carbocycles. The third-order valence-electron chi connectivity index (χ3n) is 3.98. The number of amides is 1. The van der Waals surface area contributed by atoms with Crippen LogP contribution in [-0.2, 0) is 6.42 Å². The van der Waals surface area contributed by atoms with Gasteiger partial charge in [0.05, 0.1) is 10.5 Å². The minimum atomic E-state index is -0.541. The maximum absolute atomic E-state index is 13.0. The molecule has 0 aliphatic heterocycles. The molecule has 0 aliphatic carbocycles. The second kappa shape index (κ2) is 8.13. The van der Waals surface area contributed by atoms with E-state index in [0.717, 1.165) is 10.4 Å². The van der Waals surface area contributed by atoms with E-state index in [0.29, 0.717) is 17.2 Å². The Morgan fingerprint density at radius 1 is 1.25 bits per heavy atom. The summed E-state index contributed by atoms with van der Waals surface area (Å²) in [6.07, 6.45) is 2.21. The number of carbonyl (C=O) groups is 1. The molecule has 0 atom stereocenters. The number of nitro benzene ring substituents is 1. The molecule has 7 nitrogen and oxygen atoms in total. The predicted molar refractivity (Wildman–Crippen MR) is 107 cm³/mol. The van der Waals surface area contributed by atoms with Crippen molar-refractivity contribution in [2.45, 2.75) is 6.42 Å². The van der Waals surface area contributed by atoms with E-state index in [1.807, 2.05) is 0 Å². The van der Waals surface area contributed by atoms with Gasteiger partial charge in [-0.05, 0) is 23.8 Å². The lowest BCUT2D eigenvalue weighted by molar-refractivity contribution is -0.384. The van der Waals surface area contributed by atoms with E-state index >= 15 is 0 Å². The van der Waals surface area contributed by atoms with Crippen molar-refractivity contribution >= 4 is 33.8 Å². The van der Waals surface area contributed by atoms with Crippen molar-refractivity contribution in [3.8, 4) is 0 Å². The van der Waals surface area contributed by atoms with Gasteiger partial charge in [-0.3, -0.25) is 20.2 Å². The minimum Gasteiger partial charge on any atom is -0.377 e. The lowest BCUT2D eigenvalue weighted by Gasteiger charge is -2.16. The zero-order chi connectivity index (χ0) is 20.3. The zero-order valence-electron chi connectivity index (χ0n) is 15.2. The Balaban J connectivity index is 1.78. The van der Waals surface area contributed by atoms with Crippen LogP contribution in [0.2, 0.25) is 0 Å². The summed E-state index contributed by atoms with van der Waals surface area (Å²) in [5.41, 5.74) is 1.52. The number of hydrogen-bond donors (Lipinski definition) is 1. The summed E-state index contributed by atoms with van der Waals surface area (Å²) in [5, 5.41) is 14.1. The first-order valence-electron chi connectivity index (χ1n) is 8.30. The summed E-state index contributed by atoms with van der Waals surface area (Å²) < 4.78 is 13.0. The maximum atomic E-state index is 13.0. The SMILES string of the molecule is CN(C)c1ccc([N+](=O)[O-])cc1C(=O)Nc1ncc(Cc2ccc(F)cc2)s1. The Morgan fingerprint density at radius 2 is 1.96 bits per heavy atom. The third-order valence-corrected chi connectivity index (χ3v) is 4.90. The van der Waals surface area contributed by atoms with Crippen molar-refractivity contribution in [2.24, 2.45) is 0 Å². The van der Waals surface area contributed by atoms with Crippen LogP contribution in [0.3, 0.4) is 0 Å². The number of nitrogens with one attached hydrogen (secondary N) is 1. The first kappa shape index (κ1) is 19.4. The largest absolute Gasteiger partial charge is 0.377 e. The highest BCUT2D eigenvalue weighted by atomic mass is 32.1. The van der Waals surface area contributed by atoms with Crippen molar-refractivity contribution in [2.75, 3.05) is 24.3 Å². The van der Waals surface area contributed by atoms with Gasteiger partial charge in [0.2, 0.25) is 0 Å². The van der Waals surface area contributed by atoms with Crippen molar-refractivity contribution in [3.63, 3.8) is 0 Å². The molecule has 0 unspecified atom stereocenters. The van der Waals surface area contributed by atoms with Gasteiger partial charge in [-0.2, -0.15) is 0 Å². The fourth-order valence-electron chi connectivity index (χ4n) is 2.62. The number of nitro groups is 1. The van der Waals surface area contributed by atoms with E-state index < -0.39 is 10.8 Å². The summed E-state index contributed by atoms with van der Waals surface area (Å²) in [7, 11) is 3.50. The number of aromatic nitrogens is 1. The topological polar surface area (TPSA) is 88.4 Å². The van der Waals surface area contributed by atoms with Crippen molar-refractivity contribution in [1.29, 1.82) is 0 Å². The summed E-state index contributed by atoms with van der Waals surface area (Å²) in [5.74, 6) is -0.773. The number of anilines is 2. The van der Waals surface area contributed by atoms with E-state index in [1.54, 1.807) is 37.3 Å². The average Bonchev–Trinajstić information content (AvgIpc) is 3.09. The predicted octanol–water partition coefficient (Wildman–Crippen LogP) is 4.10. The Bertz CT molecular complexity index is 1020. The molecule has 0 aliphatic rings. The Morgan fingerprint density at radius 3 is 2.61 bits per heavy atom. The molecule has 1 amide bonds. The molecule has 3 rings (SSSR count). The van der Waals surface area contributed by atoms with Gasteiger partial charge in [0.25, 0.3) is 11.6 Å². The molecule has 1 aromatic heterocycles. The number of rotatable bonds is 6. The molecular weight excluding hydrogens is 383 g/mol. The second-order valence-electron chi connectivity index (χ2n) is 6.24. The van der Waals surface area contributed by atoms with Crippen LogP contribution in [0.5, 0.6) is 0 Å². The number of nitrogens with zero attached hydrogens (tertiary/aromatic N) is 3. The van der Waals surface area contributed by atoms with Gasteiger partial charge in [-0.25, -0.2) is 9.37 Å². The van der Waals surface area contributed by atoms with Crippen molar-refractivity contribution < 1.29 is 14.1 Å². The lowest BCUT2D eigenvalue weighted by atomic mass is 10.1. The zero-order valence-corrected chi connectivity index (χ0v) is 16.0. The smallest absolute Gasteiger partial charge is 0.270 e.